The smallest absolute Gasteiger partial charge is 0.272 e. The number of pyridine rings is 1. The van der Waals surface area contributed by atoms with E-state index in [2.05, 4.69) is 10.3 Å². The molecular formula is C24H27FN4O4S. The minimum atomic E-state index is -1.18. The van der Waals surface area contributed by atoms with Crippen molar-refractivity contribution in [3.8, 4) is 0 Å². The van der Waals surface area contributed by atoms with Gasteiger partial charge in [-0.25, -0.2) is 9.37 Å². The third-order valence-corrected chi connectivity index (χ3v) is 7.16. The summed E-state index contributed by atoms with van der Waals surface area (Å²) in [7, 11) is 0. The van der Waals surface area contributed by atoms with E-state index < -0.39 is 34.7 Å². The zero-order valence-electron chi connectivity index (χ0n) is 18.9. The Balaban J connectivity index is 1.53. The molecule has 0 saturated carbocycles. The van der Waals surface area contributed by atoms with Gasteiger partial charge in [-0.2, -0.15) is 0 Å². The van der Waals surface area contributed by atoms with E-state index in [9.17, 15) is 24.2 Å². The second-order valence-electron chi connectivity index (χ2n) is 9.00. The lowest BCUT2D eigenvalue weighted by Gasteiger charge is -2.20. The Hall–Kier alpha value is -2.95. The number of benzene rings is 1. The summed E-state index contributed by atoms with van der Waals surface area (Å²) in [4.78, 5) is 31.3. The van der Waals surface area contributed by atoms with E-state index in [4.69, 9.17) is 5.73 Å². The van der Waals surface area contributed by atoms with Gasteiger partial charge < -0.3 is 26.2 Å². The number of hydrogen-bond acceptors (Lipinski definition) is 7. The minimum absolute atomic E-state index is 0.221. The normalized spacial score (nSPS) is 22.6. The number of anilines is 1. The number of nitrogens with zero attached hydrogens (tertiary/aromatic N) is 2. The molecule has 4 rings (SSSR count). The Morgan fingerprint density at radius 1 is 1.29 bits per heavy atom. The number of hydrogen-bond donors (Lipinski definition) is 4. The molecule has 0 aliphatic carbocycles. The molecule has 8 nitrogen and oxygen atoms in total. The van der Waals surface area contributed by atoms with Gasteiger partial charge in [-0.05, 0) is 44.0 Å². The molecule has 1 aromatic carbocycles. The fourth-order valence-corrected chi connectivity index (χ4v) is 5.30. The predicted octanol–water partition coefficient (Wildman–Crippen LogP) is 2.28. The van der Waals surface area contributed by atoms with Crippen molar-refractivity contribution >= 4 is 34.3 Å². The number of carbonyl (C=O) groups excluding carboxylic acids is 2. The number of aliphatic hydroxyl groups excluding tert-OH is 1. The number of rotatable bonds is 6. The van der Waals surface area contributed by atoms with Gasteiger partial charge in [-0.15, -0.1) is 0 Å². The highest BCUT2D eigenvalue weighted by atomic mass is 32.2. The molecule has 2 amide bonds. The zero-order chi connectivity index (χ0) is 24.6. The second-order valence-corrected chi connectivity index (χ2v) is 10.2. The Labute approximate surface area is 201 Å². The van der Waals surface area contributed by atoms with Crippen LogP contribution in [0.4, 0.5) is 10.2 Å². The fourth-order valence-electron chi connectivity index (χ4n) is 3.97. The molecular weight excluding hydrogens is 459 g/mol. The van der Waals surface area contributed by atoms with Gasteiger partial charge in [0.2, 0.25) is 5.91 Å². The fraction of sp³-hybridized carbons (Fsp3) is 0.375. The van der Waals surface area contributed by atoms with Crippen LogP contribution in [0, 0.1) is 11.7 Å². The number of halogens is 1. The highest BCUT2D eigenvalue weighted by Gasteiger charge is 2.35. The summed E-state index contributed by atoms with van der Waals surface area (Å²) >= 11 is 1.24. The van der Waals surface area contributed by atoms with Gasteiger partial charge in [0.1, 0.15) is 17.3 Å². The first-order valence-corrected chi connectivity index (χ1v) is 11.8. The number of β-amino-alcohol motifs (C(OH)–C–C–N with tert-alkyl or cyclic N) is 1. The number of nitrogens with two attached hydrogens (primary N) is 1. The molecule has 2 aliphatic rings. The zero-order valence-corrected chi connectivity index (χ0v) is 19.7. The van der Waals surface area contributed by atoms with Crippen LogP contribution in [0.2, 0.25) is 0 Å². The number of aliphatic hydroxyl groups is 2. The number of thioether (sulfide) groups is 1. The Morgan fingerprint density at radius 3 is 2.68 bits per heavy atom. The molecule has 3 unspecified atom stereocenters. The van der Waals surface area contributed by atoms with Crippen LogP contribution >= 0.6 is 11.8 Å². The van der Waals surface area contributed by atoms with E-state index in [-0.39, 0.29) is 18.1 Å². The molecule has 180 valence electrons. The summed E-state index contributed by atoms with van der Waals surface area (Å²) in [6.07, 6.45) is 1.62. The van der Waals surface area contributed by atoms with Crippen molar-refractivity contribution in [1.29, 1.82) is 0 Å². The summed E-state index contributed by atoms with van der Waals surface area (Å²) in [6.45, 7) is 3.88. The molecule has 2 aliphatic heterocycles. The number of likely N-dealkylation sites (tertiary alicyclic amines) is 1. The largest absolute Gasteiger partial charge is 0.391 e. The quantitative estimate of drug-likeness (QED) is 0.493. The summed E-state index contributed by atoms with van der Waals surface area (Å²) in [5.74, 6) is -1.73. The second kappa shape index (κ2) is 9.36. The molecule has 2 aromatic rings. The summed E-state index contributed by atoms with van der Waals surface area (Å²) < 4.78 is 14.9. The number of amides is 2. The lowest BCUT2D eigenvalue weighted by atomic mass is 9.96. The molecule has 10 heteroatoms. The molecule has 0 radical (unpaired) electrons. The van der Waals surface area contributed by atoms with Crippen molar-refractivity contribution < 1.29 is 24.2 Å². The van der Waals surface area contributed by atoms with Gasteiger partial charge >= 0.3 is 0 Å². The SMILES string of the molecule is CC(C)(O)c1ccc(C2=CC(C(N)=O)C(Nc3cccc(C(=O)N4CCC(O)C4)n3)S2)c(F)c1. The maximum atomic E-state index is 14.9. The highest BCUT2D eigenvalue weighted by molar-refractivity contribution is 8.09. The van der Waals surface area contributed by atoms with E-state index in [1.54, 1.807) is 55.2 Å². The van der Waals surface area contributed by atoms with Crippen molar-refractivity contribution in [3.05, 3.63) is 65.1 Å². The van der Waals surface area contributed by atoms with Gasteiger partial charge in [0, 0.05) is 23.6 Å². The highest BCUT2D eigenvalue weighted by Crippen LogP contribution is 2.43. The Morgan fingerprint density at radius 2 is 2.06 bits per heavy atom. The molecule has 3 heterocycles. The summed E-state index contributed by atoms with van der Waals surface area (Å²) in [5, 5.41) is 22.4. The van der Waals surface area contributed by atoms with Gasteiger partial charge in [0.05, 0.1) is 23.0 Å². The van der Waals surface area contributed by atoms with Crippen molar-refractivity contribution in [2.45, 2.75) is 37.3 Å². The van der Waals surface area contributed by atoms with Crippen LogP contribution in [0.15, 0.2) is 42.5 Å². The van der Waals surface area contributed by atoms with Crippen molar-refractivity contribution in [2.75, 3.05) is 18.4 Å². The third kappa shape index (κ3) is 5.08. The van der Waals surface area contributed by atoms with Crippen LogP contribution in [0.3, 0.4) is 0 Å². The molecule has 1 fully saturated rings. The first-order valence-electron chi connectivity index (χ1n) is 10.9. The Bertz CT molecular complexity index is 1150. The van der Waals surface area contributed by atoms with E-state index in [1.165, 1.54) is 17.8 Å². The number of primary amides is 1. The topological polar surface area (TPSA) is 129 Å². The predicted molar refractivity (Wildman–Crippen MR) is 128 cm³/mol. The average Bonchev–Trinajstić information content (AvgIpc) is 3.39. The third-order valence-electron chi connectivity index (χ3n) is 5.89. The van der Waals surface area contributed by atoms with E-state index in [0.717, 1.165) is 0 Å². The molecule has 1 saturated heterocycles. The summed E-state index contributed by atoms with van der Waals surface area (Å²) in [6, 6.07) is 9.44. The van der Waals surface area contributed by atoms with Crippen molar-refractivity contribution in [2.24, 2.45) is 11.7 Å². The summed E-state index contributed by atoms with van der Waals surface area (Å²) in [5.41, 5.74) is 5.39. The van der Waals surface area contributed by atoms with Gasteiger partial charge in [0.15, 0.2) is 0 Å². The number of aromatic nitrogens is 1. The van der Waals surface area contributed by atoms with E-state index in [1.807, 2.05) is 0 Å². The van der Waals surface area contributed by atoms with Gasteiger partial charge in [0.25, 0.3) is 5.91 Å². The first kappa shape index (κ1) is 24.2. The van der Waals surface area contributed by atoms with Crippen LogP contribution < -0.4 is 11.1 Å². The molecule has 0 bridgehead atoms. The first-order chi connectivity index (χ1) is 16.0. The molecule has 34 heavy (non-hydrogen) atoms. The number of carbonyl (C=O) groups is 2. The molecule has 1 aromatic heterocycles. The van der Waals surface area contributed by atoms with Crippen molar-refractivity contribution in [1.82, 2.24) is 9.88 Å². The maximum Gasteiger partial charge on any atom is 0.272 e. The Kier molecular flexibility index (Phi) is 6.66. The lowest BCUT2D eigenvalue weighted by molar-refractivity contribution is -0.120. The monoisotopic (exact) mass is 486 g/mol. The molecule has 5 N–H and O–H groups in total. The molecule has 0 spiro atoms. The van der Waals surface area contributed by atoms with Crippen LogP contribution in [0.5, 0.6) is 0 Å². The maximum absolute atomic E-state index is 14.9. The number of nitrogens with one attached hydrogen (secondary N) is 1. The van der Waals surface area contributed by atoms with E-state index >= 15 is 0 Å². The van der Waals surface area contributed by atoms with Crippen molar-refractivity contribution in [3.63, 3.8) is 0 Å². The van der Waals surface area contributed by atoms with Crippen LogP contribution in [0.1, 0.15) is 41.9 Å². The minimum Gasteiger partial charge on any atom is -0.391 e. The van der Waals surface area contributed by atoms with Crippen LogP contribution in [0.25, 0.3) is 4.91 Å². The molecule has 3 atom stereocenters. The van der Waals surface area contributed by atoms with Gasteiger partial charge in [-0.1, -0.05) is 36.0 Å². The van der Waals surface area contributed by atoms with Crippen LogP contribution in [-0.4, -0.2) is 56.5 Å². The van der Waals surface area contributed by atoms with E-state index in [0.29, 0.717) is 34.8 Å². The van der Waals surface area contributed by atoms with Crippen LogP contribution in [-0.2, 0) is 10.4 Å². The lowest BCUT2D eigenvalue weighted by Crippen LogP contribution is -2.33. The average molecular weight is 487 g/mol. The van der Waals surface area contributed by atoms with Gasteiger partial charge in [-0.3, -0.25) is 9.59 Å². The standard InChI is InChI=1S/C24H27FN4O4S/c1-24(2,33)13-6-7-15(17(25)10-13)19-11-16(21(26)31)22(34-19)28-20-5-3-4-18(27-20)23(32)29-9-8-14(30)12-29/h3-7,10-11,14,16,22,30,33H,8-9,12H2,1-2H3,(H2,26,31)(H,27,28).